The maximum atomic E-state index is 13.2. The quantitative estimate of drug-likeness (QED) is 0.224. The molecule has 2 aromatic heterocycles. The van der Waals surface area contributed by atoms with Gasteiger partial charge in [0.1, 0.15) is 4.83 Å². The van der Waals surface area contributed by atoms with Gasteiger partial charge in [-0.15, -0.1) is 17.9 Å². The molecule has 0 bridgehead atoms. The van der Waals surface area contributed by atoms with Crippen molar-refractivity contribution in [1.82, 2.24) is 9.55 Å². The molecule has 3 nitrogen and oxygen atoms in total. The van der Waals surface area contributed by atoms with Crippen LogP contribution in [0, 0.1) is 0 Å². The first-order valence-electron chi connectivity index (χ1n) is 8.57. The van der Waals surface area contributed by atoms with E-state index in [1.165, 1.54) is 12.8 Å². The molecule has 3 aromatic rings. The summed E-state index contributed by atoms with van der Waals surface area (Å²) >= 11 is 3.22. The smallest absolute Gasteiger partial charge is 0.263 e. The molecule has 3 rings (SSSR count). The molecule has 130 valence electrons. The maximum Gasteiger partial charge on any atom is 0.263 e. The fourth-order valence-corrected chi connectivity index (χ4v) is 4.75. The topological polar surface area (TPSA) is 34.9 Å². The highest BCUT2D eigenvalue weighted by atomic mass is 32.2. The van der Waals surface area contributed by atoms with Gasteiger partial charge in [0, 0.05) is 23.2 Å². The van der Waals surface area contributed by atoms with Crippen LogP contribution in [0.2, 0.25) is 0 Å². The van der Waals surface area contributed by atoms with Gasteiger partial charge < -0.3 is 0 Å². The summed E-state index contributed by atoms with van der Waals surface area (Å²) < 4.78 is 1.76. The molecule has 0 aliphatic heterocycles. The van der Waals surface area contributed by atoms with Crippen LogP contribution in [-0.4, -0.2) is 15.3 Å². The van der Waals surface area contributed by atoms with Crippen LogP contribution in [0.3, 0.4) is 0 Å². The lowest BCUT2D eigenvalue weighted by atomic mass is 10.1. The standard InChI is InChI=1S/C20H22N2OS2/c1-3-5-9-13-24-20-21-18-17(19(23)22(20)12-4-2)16(14-25-18)15-10-7-6-8-11-15/h4,6-8,10-11,14H,2-3,5,9,12-13H2,1H3. The fourth-order valence-electron chi connectivity index (χ4n) is 2.75. The number of thiophene rings is 1. The maximum absolute atomic E-state index is 13.2. The van der Waals surface area contributed by atoms with E-state index < -0.39 is 0 Å². The van der Waals surface area contributed by atoms with Gasteiger partial charge in [0.05, 0.1) is 5.39 Å². The minimum absolute atomic E-state index is 0.0306. The van der Waals surface area contributed by atoms with Crippen LogP contribution in [0.25, 0.3) is 21.3 Å². The Morgan fingerprint density at radius 3 is 2.80 bits per heavy atom. The second-order valence-electron chi connectivity index (χ2n) is 5.85. The molecule has 0 aliphatic carbocycles. The average Bonchev–Trinajstić information content (AvgIpc) is 3.06. The van der Waals surface area contributed by atoms with Gasteiger partial charge in [0.25, 0.3) is 5.56 Å². The van der Waals surface area contributed by atoms with Crippen LogP contribution < -0.4 is 5.56 Å². The van der Waals surface area contributed by atoms with E-state index >= 15 is 0 Å². The number of nitrogens with zero attached hydrogens (tertiary/aromatic N) is 2. The molecule has 0 atom stereocenters. The lowest BCUT2D eigenvalue weighted by Gasteiger charge is -2.10. The van der Waals surface area contributed by atoms with Crippen molar-refractivity contribution in [2.75, 3.05) is 5.75 Å². The summed E-state index contributed by atoms with van der Waals surface area (Å²) in [6, 6.07) is 10.0. The van der Waals surface area contributed by atoms with E-state index in [1.807, 2.05) is 35.7 Å². The second-order valence-corrected chi connectivity index (χ2v) is 7.77. The molecule has 2 heterocycles. The van der Waals surface area contributed by atoms with E-state index in [2.05, 4.69) is 13.5 Å². The third-order valence-corrected chi connectivity index (χ3v) is 5.97. The minimum atomic E-state index is 0.0306. The number of unbranched alkanes of at least 4 members (excludes halogenated alkanes) is 2. The largest absolute Gasteiger partial charge is 0.283 e. The summed E-state index contributed by atoms with van der Waals surface area (Å²) in [7, 11) is 0. The lowest BCUT2D eigenvalue weighted by molar-refractivity contribution is 0.671. The van der Waals surface area contributed by atoms with Crippen molar-refractivity contribution in [1.29, 1.82) is 0 Å². The zero-order chi connectivity index (χ0) is 17.6. The Bertz CT molecular complexity index is 913. The summed E-state index contributed by atoms with van der Waals surface area (Å²) in [5.41, 5.74) is 2.06. The first-order valence-corrected chi connectivity index (χ1v) is 10.4. The molecule has 0 aliphatic rings. The van der Waals surface area contributed by atoms with Crippen molar-refractivity contribution in [3.8, 4) is 11.1 Å². The number of hydrogen-bond donors (Lipinski definition) is 0. The number of fused-ring (bicyclic) bond motifs is 1. The van der Waals surface area contributed by atoms with Crippen molar-refractivity contribution in [2.24, 2.45) is 0 Å². The van der Waals surface area contributed by atoms with E-state index in [-0.39, 0.29) is 5.56 Å². The third-order valence-electron chi connectivity index (χ3n) is 4.03. The lowest BCUT2D eigenvalue weighted by Crippen LogP contribution is -2.22. The zero-order valence-electron chi connectivity index (χ0n) is 14.4. The molecule has 0 fully saturated rings. The molecule has 25 heavy (non-hydrogen) atoms. The molecular formula is C20H22N2OS2. The van der Waals surface area contributed by atoms with Gasteiger partial charge in [0.15, 0.2) is 5.16 Å². The van der Waals surface area contributed by atoms with Crippen molar-refractivity contribution in [3.05, 3.63) is 58.7 Å². The monoisotopic (exact) mass is 370 g/mol. The number of thioether (sulfide) groups is 1. The van der Waals surface area contributed by atoms with Gasteiger partial charge in [-0.05, 0) is 12.0 Å². The fraction of sp³-hybridized carbons (Fsp3) is 0.300. The van der Waals surface area contributed by atoms with E-state index in [0.717, 1.165) is 38.7 Å². The molecule has 5 heteroatoms. The van der Waals surface area contributed by atoms with Gasteiger partial charge >= 0.3 is 0 Å². The van der Waals surface area contributed by atoms with Gasteiger partial charge in [0.2, 0.25) is 0 Å². The number of benzene rings is 1. The average molecular weight is 371 g/mol. The predicted molar refractivity (Wildman–Crippen MR) is 110 cm³/mol. The highest BCUT2D eigenvalue weighted by Crippen LogP contribution is 2.32. The van der Waals surface area contributed by atoms with Crippen LogP contribution in [0.15, 0.2) is 58.3 Å². The molecule has 1 aromatic carbocycles. The van der Waals surface area contributed by atoms with Gasteiger partial charge in [-0.1, -0.05) is 67.9 Å². The highest BCUT2D eigenvalue weighted by molar-refractivity contribution is 7.99. The molecule has 0 radical (unpaired) electrons. The van der Waals surface area contributed by atoms with Crippen LogP contribution >= 0.6 is 23.1 Å². The van der Waals surface area contributed by atoms with Gasteiger partial charge in [-0.2, -0.15) is 0 Å². The van der Waals surface area contributed by atoms with Crippen molar-refractivity contribution >= 4 is 33.3 Å². The molecule has 0 unspecified atom stereocenters. The number of allylic oxidation sites excluding steroid dienone is 1. The normalized spacial score (nSPS) is 11.1. The van der Waals surface area contributed by atoms with E-state index in [0.29, 0.717) is 6.54 Å². The first-order chi connectivity index (χ1) is 12.3. The molecule has 0 saturated carbocycles. The predicted octanol–water partition coefficient (Wildman–Crippen LogP) is 5.59. The van der Waals surface area contributed by atoms with Crippen LogP contribution in [0.4, 0.5) is 0 Å². The third kappa shape index (κ3) is 3.88. The number of hydrogen-bond acceptors (Lipinski definition) is 4. The summed E-state index contributed by atoms with van der Waals surface area (Å²) in [6.07, 6.45) is 5.30. The Morgan fingerprint density at radius 1 is 1.28 bits per heavy atom. The van der Waals surface area contributed by atoms with Gasteiger partial charge in [-0.25, -0.2) is 4.98 Å². The minimum Gasteiger partial charge on any atom is -0.283 e. The Morgan fingerprint density at radius 2 is 2.08 bits per heavy atom. The van der Waals surface area contributed by atoms with Crippen molar-refractivity contribution < 1.29 is 0 Å². The van der Waals surface area contributed by atoms with E-state index in [9.17, 15) is 4.79 Å². The van der Waals surface area contributed by atoms with Crippen LogP contribution in [0.1, 0.15) is 26.2 Å². The first kappa shape index (κ1) is 18.0. The second kappa shape index (κ2) is 8.50. The summed E-state index contributed by atoms with van der Waals surface area (Å²) in [5, 5.41) is 3.56. The molecule has 0 amide bonds. The Labute approximate surface area is 156 Å². The molecular weight excluding hydrogens is 348 g/mol. The van der Waals surface area contributed by atoms with E-state index in [1.54, 1.807) is 33.7 Å². The van der Waals surface area contributed by atoms with Crippen LogP contribution in [0.5, 0.6) is 0 Å². The summed E-state index contributed by atoms with van der Waals surface area (Å²) in [5.74, 6) is 0.986. The van der Waals surface area contributed by atoms with Crippen LogP contribution in [-0.2, 0) is 6.54 Å². The Hall–Kier alpha value is -1.85. The van der Waals surface area contributed by atoms with Gasteiger partial charge in [-0.3, -0.25) is 9.36 Å². The molecule has 0 saturated heterocycles. The van der Waals surface area contributed by atoms with Crippen molar-refractivity contribution in [3.63, 3.8) is 0 Å². The molecule has 0 spiro atoms. The summed E-state index contributed by atoms with van der Waals surface area (Å²) in [6.45, 7) is 6.48. The van der Waals surface area contributed by atoms with Crippen molar-refractivity contribution in [2.45, 2.75) is 37.9 Å². The molecule has 0 N–H and O–H groups in total. The number of aromatic nitrogens is 2. The Kier molecular flexibility index (Phi) is 6.10. The Balaban J connectivity index is 2.07. The summed E-state index contributed by atoms with van der Waals surface area (Å²) in [4.78, 5) is 18.8. The van der Waals surface area contributed by atoms with E-state index in [4.69, 9.17) is 4.98 Å². The highest BCUT2D eigenvalue weighted by Gasteiger charge is 2.16. The number of rotatable bonds is 8. The SMILES string of the molecule is C=CCn1c(SCCCCC)nc2scc(-c3ccccc3)c2c1=O. The zero-order valence-corrected chi connectivity index (χ0v) is 16.0.